The van der Waals surface area contributed by atoms with E-state index in [4.69, 9.17) is 9.47 Å². The maximum Gasteiger partial charge on any atom is 0.326 e. The van der Waals surface area contributed by atoms with Gasteiger partial charge >= 0.3 is 11.9 Å². The molecule has 1 aliphatic rings. The van der Waals surface area contributed by atoms with Gasteiger partial charge in [0.05, 0.1) is 13.2 Å². The highest BCUT2D eigenvalue weighted by atomic mass is 16.6. The molecule has 1 aliphatic heterocycles. The van der Waals surface area contributed by atoms with E-state index < -0.39 is 17.4 Å². The summed E-state index contributed by atoms with van der Waals surface area (Å²) in [5.74, 6) is -0.934. The van der Waals surface area contributed by atoms with Gasteiger partial charge in [-0.25, -0.2) is 0 Å². The third kappa shape index (κ3) is 10.2. The van der Waals surface area contributed by atoms with Gasteiger partial charge in [-0.3, -0.25) is 14.5 Å². The molecule has 0 spiro atoms. The second kappa shape index (κ2) is 17.5. The normalized spacial score (nSPS) is 14.5. The zero-order chi connectivity index (χ0) is 25.2. The van der Waals surface area contributed by atoms with Crippen molar-refractivity contribution in [1.82, 2.24) is 4.90 Å². The molecular weight excluding hydrogens is 426 g/mol. The quantitative estimate of drug-likeness (QED) is 0.160. The predicted molar refractivity (Wildman–Crippen MR) is 140 cm³/mol. The molecule has 0 unspecified atom stereocenters. The van der Waals surface area contributed by atoms with E-state index in [0.29, 0.717) is 13.1 Å². The second-order valence-corrected chi connectivity index (χ2v) is 9.42. The number of benzene rings is 1. The Bertz CT molecular complexity index is 660. The minimum atomic E-state index is -1.16. The molecule has 1 heterocycles. The van der Waals surface area contributed by atoms with Crippen molar-refractivity contribution in [1.29, 1.82) is 0 Å². The molecule has 1 saturated heterocycles. The summed E-state index contributed by atoms with van der Waals surface area (Å²) < 4.78 is 10.3. The molecule has 0 bridgehead atoms. The topological polar surface area (TPSA) is 55.8 Å². The Morgan fingerprint density at radius 2 is 1.18 bits per heavy atom. The van der Waals surface area contributed by atoms with Gasteiger partial charge in [-0.2, -0.15) is 0 Å². The highest BCUT2D eigenvalue weighted by molar-refractivity contribution is 6.01. The Morgan fingerprint density at radius 3 is 1.65 bits per heavy atom. The van der Waals surface area contributed by atoms with Crippen molar-refractivity contribution in [3.8, 4) is 0 Å². The lowest BCUT2D eigenvalue weighted by Gasteiger charge is -2.45. The smallest absolute Gasteiger partial charge is 0.326 e. The van der Waals surface area contributed by atoms with E-state index in [1.807, 2.05) is 0 Å². The fourth-order valence-corrected chi connectivity index (χ4v) is 4.24. The van der Waals surface area contributed by atoms with E-state index in [2.05, 4.69) is 49.9 Å². The maximum atomic E-state index is 12.4. The number of esters is 2. The standard InChI is InChI=1S/C26H41NO4.C3H8/c1-4-7-8-9-10-11-12-13-14-22-15-17-23(18-16-22)19-27-20-26(21-27,24(28)30-5-2)25(29)31-6-3;1-3-2/h15-18H,4-14,19-21H2,1-3H3;3H2,1-2H3. The van der Waals surface area contributed by atoms with Crippen LogP contribution >= 0.6 is 0 Å². The van der Waals surface area contributed by atoms with Crippen molar-refractivity contribution in [2.24, 2.45) is 5.41 Å². The van der Waals surface area contributed by atoms with E-state index in [-0.39, 0.29) is 13.2 Å². The Labute approximate surface area is 208 Å². The van der Waals surface area contributed by atoms with Gasteiger partial charge in [0.2, 0.25) is 0 Å². The molecule has 5 nitrogen and oxygen atoms in total. The minimum Gasteiger partial charge on any atom is -0.465 e. The fraction of sp³-hybridized carbons (Fsp3) is 0.724. The number of hydrogen-bond donors (Lipinski definition) is 0. The number of hydrogen-bond acceptors (Lipinski definition) is 5. The van der Waals surface area contributed by atoms with Crippen LogP contribution in [0.4, 0.5) is 0 Å². The fourth-order valence-electron chi connectivity index (χ4n) is 4.24. The number of likely N-dealkylation sites (tertiary alicyclic amines) is 1. The maximum absolute atomic E-state index is 12.4. The van der Waals surface area contributed by atoms with E-state index in [1.165, 1.54) is 68.9 Å². The third-order valence-electron chi connectivity index (χ3n) is 6.07. The number of ether oxygens (including phenoxy) is 2. The van der Waals surface area contributed by atoms with Gasteiger partial charge in [0.1, 0.15) is 0 Å². The number of rotatable bonds is 15. The van der Waals surface area contributed by atoms with E-state index in [1.54, 1.807) is 13.8 Å². The van der Waals surface area contributed by atoms with Gasteiger partial charge in [0, 0.05) is 19.6 Å². The molecule has 2 rings (SSSR count). The van der Waals surface area contributed by atoms with Crippen LogP contribution in [0.3, 0.4) is 0 Å². The number of carbonyl (C=O) groups excluding carboxylic acids is 2. The average Bonchev–Trinajstić information content (AvgIpc) is 2.79. The Hall–Kier alpha value is -1.88. The summed E-state index contributed by atoms with van der Waals surface area (Å²) in [4.78, 5) is 26.8. The second-order valence-electron chi connectivity index (χ2n) is 9.42. The Morgan fingerprint density at radius 1 is 0.735 bits per heavy atom. The summed E-state index contributed by atoms with van der Waals surface area (Å²) in [7, 11) is 0. The summed E-state index contributed by atoms with van der Waals surface area (Å²) in [6, 6.07) is 8.74. The van der Waals surface area contributed by atoms with Gasteiger partial charge in [-0.15, -0.1) is 0 Å². The molecule has 5 heteroatoms. The molecule has 0 amide bonds. The third-order valence-corrected chi connectivity index (χ3v) is 6.07. The first-order valence-electron chi connectivity index (χ1n) is 13.6. The van der Waals surface area contributed by atoms with Crippen molar-refractivity contribution in [2.45, 2.75) is 105 Å². The van der Waals surface area contributed by atoms with Gasteiger partial charge in [0.25, 0.3) is 0 Å². The highest BCUT2D eigenvalue weighted by Crippen LogP contribution is 2.34. The molecule has 0 saturated carbocycles. The van der Waals surface area contributed by atoms with E-state index in [9.17, 15) is 9.59 Å². The van der Waals surface area contributed by atoms with Gasteiger partial charge in [0.15, 0.2) is 5.41 Å². The summed E-state index contributed by atoms with van der Waals surface area (Å²) in [5.41, 5.74) is 1.41. The molecule has 1 aromatic carbocycles. The minimum absolute atomic E-state index is 0.264. The van der Waals surface area contributed by atoms with Crippen LogP contribution in [0.25, 0.3) is 0 Å². The molecule has 0 aliphatic carbocycles. The predicted octanol–water partition coefficient (Wildman–Crippen LogP) is 6.71. The first kappa shape index (κ1) is 30.2. The van der Waals surface area contributed by atoms with E-state index in [0.717, 1.165) is 13.0 Å². The lowest BCUT2D eigenvalue weighted by molar-refractivity contribution is -0.186. The van der Waals surface area contributed by atoms with Crippen molar-refractivity contribution in [2.75, 3.05) is 26.3 Å². The molecule has 34 heavy (non-hydrogen) atoms. The number of aryl methyl sites for hydroxylation is 1. The lowest BCUT2D eigenvalue weighted by Crippen LogP contribution is -2.64. The molecule has 0 aromatic heterocycles. The highest BCUT2D eigenvalue weighted by Gasteiger charge is 2.57. The molecule has 1 aromatic rings. The van der Waals surface area contributed by atoms with Crippen molar-refractivity contribution in [3.05, 3.63) is 35.4 Å². The first-order chi connectivity index (χ1) is 16.5. The number of unbranched alkanes of at least 4 members (excludes halogenated alkanes) is 7. The summed E-state index contributed by atoms with van der Waals surface area (Å²) >= 11 is 0. The van der Waals surface area contributed by atoms with Crippen molar-refractivity contribution in [3.63, 3.8) is 0 Å². The van der Waals surface area contributed by atoms with Gasteiger partial charge in [-0.05, 0) is 37.8 Å². The lowest BCUT2D eigenvalue weighted by atomic mass is 9.79. The molecule has 0 N–H and O–H groups in total. The van der Waals surface area contributed by atoms with Gasteiger partial charge < -0.3 is 9.47 Å². The number of nitrogens with zero attached hydrogens (tertiary/aromatic N) is 1. The van der Waals surface area contributed by atoms with Crippen LogP contribution in [0, 0.1) is 5.41 Å². The van der Waals surface area contributed by atoms with Crippen LogP contribution in [-0.2, 0) is 32.0 Å². The van der Waals surface area contributed by atoms with Gasteiger partial charge in [-0.1, -0.05) is 96.4 Å². The van der Waals surface area contributed by atoms with Crippen LogP contribution in [-0.4, -0.2) is 43.1 Å². The largest absolute Gasteiger partial charge is 0.465 e. The van der Waals surface area contributed by atoms with Crippen LogP contribution in [0.15, 0.2) is 24.3 Å². The average molecular weight is 476 g/mol. The SMILES string of the molecule is CCC.CCCCCCCCCCc1ccc(CN2CC(C(=O)OCC)(C(=O)OCC)C2)cc1. The van der Waals surface area contributed by atoms with Crippen molar-refractivity contribution < 1.29 is 19.1 Å². The summed E-state index contributed by atoms with van der Waals surface area (Å²) in [6.07, 6.45) is 13.1. The summed E-state index contributed by atoms with van der Waals surface area (Å²) in [5, 5.41) is 0. The first-order valence-corrected chi connectivity index (χ1v) is 13.6. The van der Waals surface area contributed by atoms with Crippen molar-refractivity contribution >= 4 is 11.9 Å². The van der Waals surface area contributed by atoms with Crippen LogP contribution in [0.2, 0.25) is 0 Å². The van der Waals surface area contributed by atoms with E-state index >= 15 is 0 Å². The van der Waals surface area contributed by atoms with Crippen LogP contribution in [0.5, 0.6) is 0 Å². The zero-order valence-corrected chi connectivity index (χ0v) is 22.5. The molecular formula is C29H49NO4. The molecule has 0 radical (unpaired) electrons. The number of carbonyl (C=O) groups is 2. The zero-order valence-electron chi connectivity index (χ0n) is 22.5. The molecule has 0 atom stereocenters. The van der Waals surface area contributed by atoms with Crippen LogP contribution < -0.4 is 0 Å². The molecule has 194 valence electrons. The molecule has 1 fully saturated rings. The Kier molecular flexibility index (Phi) is 15.6. The summed E-state index contributed by atoms with van der Waals surface area (Å²) in [6.45, 7) is 12.0. The van der Waals surface area contributed by atoms with Crippen LogP contribution in [0.1, 0.15) is 104 Å². The Balaban J connectivity index is 0.00000182. The monoisotopic (exact) mass is 475 g/mol.